The summed E-state index contributed by atoms with van der Waals surface area (Å²) in [7, 11) is -4.49. The zero-order chi connectivity index (χ0) is 9.90. The molecule has 0 radical (unpaired) electrons. The number of phosphoric ester groups is 1. The largest absolute Gasteiger partial charge is 1.00 e. The Bertz CT molecular complexity index is 349. The van der Waals surface area contributed by atoms with E-state index in [1.54, 1.807) is 30.3 Å². The molecule has 0 atom stereocenters. The van der Waals surface area contributed by atoms with E-state index in [0.717, 1.165) is 0 Å². The predicted octanol–water partition coefficient (Wildman–Crippen LogP) is -4.23. The van der Waals surface area contributed by atoms with Crippen LogP contribution in [0.4, 0.5) is 0 Å². The molecule has 0 saturated heterocycles. The first-order valence-corrected chi connectivity index (χ1v) is 5.01. The van der Waals surface area contributed by atoms with Crippen LogP contribution in [0.25, 0.3) is 5.76 Å². The predicted molar refractivity (Wildman–Crippen MR) is 48.6 cm³/mol. The monoisotopic (exact) mass is 246 g/mol. The molecule has 70 valence electrons. The Morgan fingerprint density at radius 3 is 2.07 bits per heavy atom. The molecule has 0 aliphatic rings. The van der Waals surface area contributed by atoms with Crippen LogP contribution in [0.3, 0.4) is 0 Å². The summed E-state index contributed by atoms with van der Waals surface area (Å²) >= 11 is 0. The van der Waals surface area contributed by atoms with Gasteiger partial charge < -0.3 is 4.52 Å². The van der Waals surface area contributed by atoms with Gasteiger partial charge in [-0.2, -0.15) is 0 Å². The van der Waals surface area contributed by atoms with Gasteiger partial charge in [0.05, 0.1) is 0 Å². The second-order valence-corrected chi connectivity index (χ2v) is 3.53. The molecular weight excluding hydrogens is 237 g/mol. The van der Waals surface area contributed by atoms with Gasteiger partial charge in [-0.15, -0.1) is 0 Å². The Labute approximate surface area is 133 Å². The molecule has 1 aromatic rings. The molecule has 0 bridgehead atoms. The van der Waals surface area contributed by atoms with Gasteiger partial charge in [0, 0.05) is 5.56 Å². The Morgan fingerprint density at radius 1 is 1.20 bits per heavy atom. The van der Waals surface area contributed by atoms with Gasteiger partial charge >= 0.3 is 66.9 Å². The second kappa shape index (κ2) is 8.07. The Morgan fingerprint density at radius 2 is 1.67 bits per heavy atom. The minimum atomic E-state index is -4.49. The fraction of sp³-hybridized carbons (Fsp3) is 0. The second-order valence-electron chi connectivity index (χ2n) is 2.37. The smallest absolute Gasteiger partial charge is 0.404 e. The molecule has 0 fully saturated rings. The van der Waals surface area contributed by atoms with E-state index in [0.29, 0.717) is 5.56 Å². The van der Waals surface area contributed by atoms with Crippen LogP contribution in [0.15, 0.2) is 36.9 Å². The summed E-state index contributed by atoms with van der Waals surface area (Å²) in [4.78, 5) is 17.0. The van der Waals surface area contributed by atoms with Crippen LogP contribution in [-0.2, 0) is 9.09 Å². The molecule has 0 spiro atoms. The number of hydrogen-bond acceptors (Lipinski definition) is 2. The van der Waals surface area contributed by atoms with Gasteiger partial charge in [0.25, 0.3) is 0 Å². The fourth-order valence-electron chi connectivity index (χ4n) is 0.820. The average Bonchev–Trinajstić information content (AvgIpc) is 2.03. The minimum absolute atomic E-state index is 0. The van der Waals surface area contributed by atoms with E-state index in [1.165, 1.54) is 0 Å². The SMILES string of the molecule is C=C(OP(=O)(O)O)c1ccccc1.[Na+].[Na+]. The Balaban J connectivity index is 0. The van der Waals surface area contributed by atoms with Crippen LogP contribution in [0.2, 0.25) is 0 Å². The van der Waals surface area contributed by atoms with Crippen molar-refractivity contribution in [3.05, 3.63) is 42.5 Å². The maximum Gasteiger partial charge on any atom is 1.00 e. The van der Waals surface area contributed by atoms with Gasteiger partial charge in [-0.1, -0.05) is 36.9 Å². The summed E-state index contributed by atoms with van der Waals surface area (Å²) in [5, 5.41) is 0. The van der Waals surface area contributed by atoms with E-state index < -0.39 is 7.82 Å². The van der Waals surface area contributed by atoms with Gasteiger partial charge in [0.1, 0.15) is 5.76 Å². The third-order valence-corrected chi connectivity index (χ3v) is 1.78. The first kappa shape index (κ1) is 18.3. The summed E-state index contributed by atoms with van der Waals surface area (Å²) in [6.45, 7) is 3.40. The first-order chi connectivity index (χ1) is 5.99. The fourth-order valence-corrected chi connectivity index (χ4v) is 1.21. The van der Waals surface area contributed by atoms with Crippen molar-refractivity contribution in [3.63, 3.8) is 0 Å². The molecular formula is C8H9Na2O4P+2. The number of rotatable bonds is 3. The van der Waals surface area contributed by atoms with E-state index in [4.69, 9.17) is 9.79 Å². The van der Waals surface area contributed by atoms with Crippen molar-refractivity contribution in [3.8, 4) is 0 Å². The molecule has 15 heavy (non-hydrogen) atoms. The van der Waals surface area contributed by atoms with E-state index in [9.17, 15) is 4.57 Å². The normalized spacial score (nSPS) is 9.47. The topological polar surface area (TPSA) is 66.8 Å². The van der Waals surface area contributed by atoms with Crippen LogP contribution in [0, 0.1) is 0 Å². The van der Waals surface area contributed by atoms with Crippen LogP contribution >= 0.6 is 7.82 Å². The molecule has 0 aromatic heterocycles. The molecule has 4 nitrogen and oxygen atoms in total. The molecule has 0 amide bonds. The first-order valence-electron chi connectivity index (χ1n) is 3.48. The molecule has 1 rings (SSSR count). The molecule has 0 unspecified atom stereocenters. The van der Waals surface area contributed by atoms with Gasteiger partial charge in [0.2, 0.25) is 0 Å². The van der Waals surface area contributed by atoms with Crippen LogP contribution < -0.4 is 59.1 Å². The van der Waals surface area contributed by atoms with Gasteiger partial charge in [-0.05, 0) is 0 Å². The molecule has 1 aromatic carbocycles. The average molecular weight is 246 g/mol. The molecule has 0 aliphatic heterocycles. The maximum atomic E-state index is 10.4. The minimum Gasteiger partial charge on any atom is -0.404 e. The van der Waals surface area contributed by atoms with E-state index in [1.807, 2.05) is 0 Å². The van der Waals surface area contributed by atoms with Gasteiger partial charge in [-0.25, -0.2) is 4.57 Å². The van der Waals surface area contributed by atoms with Crippen molar-refractivity contribution < 1.29 is 78.0 Å². The quantitative estimate of drug-likeness (QED) is 0.322. The third-order valence-electron chi connectivity index (χ3n) is 1.32. The molecule has 0 saturated carbocycles. The summed E-state index contributed by atoms with van der Waals surface area (Å²) in [5.74, 6) is -0.0334. The van der Waals surface area contributed by atoms with Crippen molar-refractivity contribution in [1.82, 2.24) is 0 Å². The summed E-state index contributed by atoms with van der Waals surface area (Å²) in [6.07, 6.45) is 0. The third kappa shape index (κ3) is 7.75. The molecule has 0 heterocycles. The summed E-state index contributed by atoms with van der Waals surface area (Å²) < 4.78 is 14.7. The zero-order valence-electron chi connectivity index (χ0n) is 8.75. The van der Waals surface area contributed by atoms with Gasteiger partial charge in [-0.3, -0.25) is 9.79 Å². The molecule has 0 aliphatic carbocycles. The van der Waals surface area contributed by atoms with E-state index in [-0.39, 0.29) is 64.9 Å². The molecule has 2 N–H and O–H groups in total. The van der Waals surface area contributed by atoms with E-state index in [2.05, 4.69) is 11.1 Å². The number of hydrogen-bond donors (Lipinski definition) is 2. The summed E-state index contributed by atoms with van der Waals surface area (Å²) in [6, 6.07) is 8.54. The van der Waals surface area contributed by atoms with Crippen molar-refractivity contribution in [1.29, 1.82) is 0 Å². The summed E-state index contributed by atoms with van der Waals surface area (Å²) in [5.41, 5.74) is 0.547. The van der Waals surface area contributed by atoms with Crippen molar-refractivity contribution >= 4 is 13.6 Å². The van der Waals surface area contributed by atoms with Crippen molar-refractivity contribution in [2.75, 3.05) is 0 Å². The van der Waals surface area contributed by atoms with Crippen LogP contribution in [0.1, 0.15) is 5.56 Å². The zero-order valence-corrected chi connectivity index (χ0v) is 13.6. The van der Waals surface area contributed by atoms with Crippen LogP contribution in [-0.4, -0.2) is 9.79 Å². The van der Waals surface area contributed by atoms with Crippen molar-refractivity contribution in [2.24, 2.45) is 0 Å². The van der Waals surface area contributed by atoms with Crippen LogP contribution in [0.5, 0.6) is 0 Å². The van der Waals surface area contributed by atoms with Crippen molar-refractivity contribution in [2.45, 2.75) is 0 Å². The Hall–Kier alpha value is 0.910. The number of phosphoric acid groups is 1. The van der Waals surface area contributed by atoms with Gasteiger partial charge in [0.15, 0.2) is 0 Å². The van der Waals surface area contributed by atoms with E-state index >= 15 is 0 Å². The Kier molecular flexibility index (Phi) is 9.83. The standard InChI is InChI=1S/C8H9O4P.2Na/c1-7(12-13(9,10)11)8-5-3-2-4-6-8;;/h2-6H,1H2,(H2,9,10,11);;/q;2*+1. The maximum absolute atomic E-state index is 10.4. The molecule has 7 heteroatoms. The number of benzene rings is 1.